The largest absolute Gasteiger partial charge is 0.349 e. The second kappa shape index (κ2) is 6.84. The van der Waals surface area contributed by atoms with Gasteiger partial charge in [0.25, 0.3) is 5.91 Å². The summed E-state index contributed by atoms with van der Waals surface area (Å²) in [6, 6.07) is 4.52. The highest BCUT2D eigenvalue weighted by molar-refractivity contribution is 9.10. The Bertz CT molecular complexity index is 1050. The highest BCUT2D eigenvalue weighted by Gasteiger charge is 2.25. The number of aromatic nitrogens is 3. The molecule has 1 N–H and O–H groups in total. The number of carbonyl (C=O) groups excluding carboxylic acids is 1. The zero-order valence-corrected chi connectivity index (χ0v) is 15.9. The van der Waals surface area contributed by atoms with Crippen LogP contribution in [0, 0.1) is 18.7 Å². The third-order valence-electron chi connectivity index (χ3n) is 4.39. The second-order valence-electron chi connectivity index (χ2n) is 6.52. The standard InChI is InChI=1S/C19H15BrF2N4O/c1-10-4-15(21)13(19(27)25-12-2-3-12)6-17(10)26-8-16(24-9-26)14-5-11(20)7-23-18(14)22/h4-9,12H,2-3H2,1H3,(H,25,27). The number of amides is 1. The van der Waals surface area contributed by atoms with Crippen LogP contribution in [0.2, 0.25) is 0 Å². The molecule has 0 spiro atoms. The van der Waals surface area contributed by atoms with Gasteiger partial charge in [-0.15, -0.1) is 0 Å². The van der Waals surface area contributed by atoms with E-state index >= 15 is 0 Å². The van der Waals surface area contributed by atoms with Gasteiger partial charge >= 0.3 is 0 Å². The van der Waals surface area contributed by atoms with Crippen LogP contribution in [0.25, 0.3) is 16.9 Å². The lowest BCUT2D eigenvalue weighted by Crippen LogP contribution is -2.26. The molecule has 138 valence electrons. The van der Waals surface area contributed by atoms with Crippen LogP contribution < -0.4 is 5.32 Å². The van der Waals surface area contributed by atoms with Crippen LogP contribution in [0.4, 0.5) is 8.78 Å². The lowest BCUT2D eigenvalue weighted by atomic mass is 10.1. The zero-order valence-electron chi connectivity index (χ0n) is 14.3. The fraction of sp³-hybridized carbons (Fsp3) is 0.211. The molecule has 0 aliphatic heterocycles. The average molecular weight is 433 g/mol. The Morgan fingerprint density at radius 1 is 1.26 bits per heavy atom. The topological polar surface area (TPSA) is 59.8 Å². The van der Waals surface area contributed by atoms with Crippen LogP contribution >= 0.6 is 15.9 Å². The van der Waals surface area contributed by atoms with E-state index in [0.717, 1.165) is 12.8 Å². The summed E-state index contributed by atoms with van der Waals surface area (Å²) in [6.45, 7) is 1.74. The van der Waals surface area contributed by atoms with Crippen molar-refractivity contribution in [3.8, 4) is 16.9 Å². The van der Waals surface area contributed by atoms with Gasteiger partial charge in [-0.3, -0.25) is 4.79 Å². The summed E-state index contributed by atoms with van der Waals surface area (Å²) in [5, 5.41) is 2.79. The van der Waals surface area contributed by atoms with Crippen molar-refractivity contribution in [2.45, 2.75) is 25.8 Å². The number of halogens is 3. The molecule has 3 aromatic rings. The minimum Gasteiger partial charge on any atom is -0.349 e. The summed E-state index contributed by atoms with van der Waals surface area (Å²) in [5.74, 6) is -1.64. The normalized spacial score (nSPS) is 13.6. The number of benzene rings is 1. The Labute approximate surface area is 162 Å². The first-order valence-corrected chi connectivity index (χ1v) is 9.18. The van der Waals surface area contributed by atoms with Crippen molar-refractivity contribution in [1.82, 2.24) is 19.9 Å². The van der Waals surface area contributed by atoms with Crippen LogP contribution in [0.1, 0.15) is 28.8 Å². The van der Waals surface area contributed by atoms with Crippen molar-refractivity contribution in [3.05, 3.63) is 64.3 Å². The molecule has 0 bridgehead atoms. The van der Waals surface area contributed by atoms with E-state index in [0.29, 0.717) is 21.4 Å². The number of imidazole rings is 1. The first-order valence-electron chi connectivity index (χ1n) is 8.39. The molecule has 0 unspecified atom stereocenters. The monoisotopic (exact) mass is 432 g/mol. The molecular formula is C19H15BrF2N4O. The van der Waals surface area contributed by atoms with Crippen LogP contribution in [0.3, 0.4) is 0 Å². The predicted octanol–water partition coefficient (Wildman–Crippen LogP) is 4.18. The Balaban J connectivity index is 1.72. The lowest BCUT2D eigenvalue weighted by molar-refractivity contribution is 0.0947. The van der Waals surface area contributed by atoms with Gasteiger partial charge in [0.15, 0.2) is 0 Å². The van der Waals surface area contributed by atoms with E-state index in [1.165, 1.54) is 24.7 Å². The first-order chi connectivity index (χ1) is 12.9. The fourth-order valence-electron chi connectivity index (χ4n) is 2.80. The third kappa shape index (κ3) is 3.62. The fourth-order valence-corrected chi connectivity index (χ4v) is 3.13. The molecule has 4 rings (SSSR count). The molecule has 8 heteroatoms. The molecule has 5 nitrogen and oxygen atoms in total. The van der Waals surface area contributed by atoms with Gasteiger partial charge in [-0.05, 0) is 59.5 Å². The maximum atomic E-state index is 14.3. The molecule has 0 saturated heterocycles. The SMILES string of the molecule is Cc1cc(F)c(C(=O)NC2CC2)cc1-n1cnc(-c2cc(Br)cnc2F)c1. The molecule has 1 fully saturated rings. The van der Waals surface area contributed by atoms with Crippen molar-refractivity contribution in [2.24, 2.45) is 0 Å². The number of nitrogens with one attached hydrogen (secondary N) is 1. The number of nitrogens with zero attached hydrogens (tertiary/aromatic N) is 3. The van der Waals surface area contributed by atoms with Crippen LogP contribution in [0.15, 0.2) is 41.4 Å². The molecule has 1 aliphatic rings. The van der Waals surface area contributed by atoms with Crippen LogP contribution in [-0.2, 0) is 0 Å². The van der Waals surface area contributed by atoms with Crippen molar-refractivity contribution < 1.29 is 13.6 Å². The van der Waals surface area contributed by atoms with Gasteiger partial charge in [-0.25, -0.2) is 14.4 Å². The highest BCUT2D eigenvalue weighted by atomic mass is 79.9. The minimum absolute atomic E-state index is 0.0203. The zero-order chi connectivity index (χ0) is 19.1. The van der Waals surface area contributed by atoms with E-state index < -0.39 is 17.7 Å². The van der Waals surface area contributed by atoms with E-state index in [2.05, 4.69) is 31.2 Å². The van der Waals surface area contributed by atoms with E-state index in [9.17, 15) is 13.6 Å². The molecule has 1 amide bonds. The summed E-state index contributed by atoms with van der Waals surface area (Å²) >= 11 is 3.27. The number of rotatable bonds is 4. The van der Waals surface area contributed by atoms with E-state index in [4.69, 9.17) is 0 Å². The van der Waals surface area contributed by atoms with Crippen molar-refractivity contribution >= 4 is 21.8 Å². The van der Waals surface area contributed by atoms with Crippen molar-refractivity contribution in [1.29, 1.82) is 0 Å². The molecule has 1 aromatic carbocycles. The van der Waals surface area contributed by atoms with Gasteiger partial charge in [-0.2, -0.15) is 4.39 Å². The number of hydrogen-bond acceptors (Lipinski definition) is 3. The predicted molar refractivity (Wildman–Crippen MR) is 99.6 cm³/mol. The Morgan fingerprint density at radius 2 is 2.04 bits per heavy atom. The van der Waals surface area contributed by atoms with E-state index in [-0.39, 0.29) is 17.2 Å². The molecule has 1 saturated carbocycles. The quantitative estimate of drug-likeness (QED) is 0.629. The van der Waals surface area contributed by atoms with Crippen LogP contribution in [0.5, 0.6) is 0 Å². The minimum atomic E-state index is -0.635. The number of pyridine rings is 1. The Morgan fingerprint density at radius 3 is 2.78 bits per heavy atom. The smallest absolute Gasteiger partial charge is 0.254 e. The molecule has 0 radical (unpaired) electrons. The molecule has 27 heavy (non-hydrogen) atoms. The van der Waals surface area contributed by atoms with Crippen LogP contribution in [-0.4, -0.2) is 26.5 Å². The van der Waals surface area contributed by atoms with Gasteiger partial charge < -0.3 is 9.88 Å². The highest BCUT2D eigenvalue weighted by Crippen LogP contribution is 2.26. The van der Waals surface area contributed by atoms with Gasteiger partial charge in [0.1, 0.15) is 5.82 Å². The maximum absolute atomic E-state index is 14.3. The van der Waals surface area contributed by atoms with Gasteiger partial charge in [0.2, 0.25) is 5.95 Å². The second-order valence-corrected chi connectivity index (χ2v) is 7.44. The lowest BCUT2D eigenvalue weighted by Gasteiger charge is -2.11. The van der Waals surface area contributed by atoms with Crippen molar-refractivity contribution in [3.63, 3.8) is 0 Å². The number of hydrogen-bond donors (Lipinski definition) is 1. The Kier molecular flexibility index (Phi) is 4.51. The summed E-state index contributed by atoms with van der Waals surface area (Å²) in [5.41, 5.74) is 1.84. The van der Waals surface area contributed by atoms with E-state index in [1.807, 2.05) is 0 Å². The molecule has 2 aromatic heterocycles. The molecule has 1 aliphatic carbocycles. The first kappa shape index (κ1) is 17.8. The molecule has 0 atom stereocenters. The molecular weight excluding hydrogens is 418 g/mol. The summed E-state index contributed by atoms with van der Waals surface area (Å²) in [4.78, 5) is 20.2. The summed E-state index contributed by atoms with van der Waals surface area (Å²) < 4.78 is 30.6. The third-order valence-corrected chi connectivity index (χ3v) is 4.82. The van der Waals surface area contributed by atoms with Gasteiger partial charge in [0, 0.05) is 22.9 Å². The maximum Gasteiger partial charge on any atom is 0.254 e. The Hall–Kier alpha value is -2.61. The number of aryl methyl sites for hydroxylation is 1. The van der Waals surface area contributed by atoms with Crippen molar-refractivity contribution in [2.75, 3.05) is 0 Å². The van der Waals surface area contributed by atoms with Gasteiger partial charge in [-0.1, -0.05) is 0 Å². The molecule has 2 heterocycles. The summed E-state index contributed by atoms with van der Waals surface area (Å²) in [7, 11) is 0. The summed E-state index contributed by atoms with van der Waals surface area (Å²) in [6.07, 6.45) is 6.32. The average Bonchev–Trinajstić information content (AvgIpc) is 3.30. The van der Waals surface area contributed by atoms with E-state index in [1.54, 1.807) is 23.8 Å². The van der Waals surface area contributed by atoms with Gasteiger partial charge in [0.05, 0.1) is 28.8 Å². The number of carbonyl (C=O) groups is 1.